The summed E-state index contributed by atoms with van der Waals surface area (Å²) in [7, 11) is 2.96. The highest BCUT2D eigenvalue weighted by Gasteiger charge is 2.17. The molecule has 3 nitrogen and oxygen atoms in total. The Morgan fingerprint density at radius 1 is 1.47 bits per heavy atom. The summed E-state index contributed by atoms with van der Waals surface area (Å²) in [6.07, 6.45) is -1.10. The van der Waals surface area contributed by atoms with Crippen LogP contribution < -0.4 is 10.1 Å². The van der Waals surface area contributed by atoms with Crippen LogP contribution in [0.3, 0.4) is 0 Å². The summed E-state index contributed by atoms with van der Waals surface area (Å²) in [5.41, 5.74) is -0.110. The van der Waals surface area contributed by atoms with Crippen molar-refractivity contribution in [2.45, 2.75) is 6.10 Å². The molecule has 1 atom stereocenters. The Bertz CT molecular complexity index is 344. The smallest absolute Gasteiger partial charge is 0.164 e. The van der Waals surface area contributed by atoms with Gasteiger partial charge in [0.25, 0.3) is 0 Å². The maximum Gasteiger partial charge on any atom is 0.164 e. The predicted molar refractivity (Wildman–Crippen MR) is 51.8 cm³/mol. The van der Waals surface area contributed by atoms with Crippen molar-refractivity contribution in [2.24, 2.45) is 0 Å². The molecular weight excluding hydrogens is 204 g/mol. The highest BCUT2D eigenvalue weighted by molar-refractivity contribution is 5.32. The van der Waals surface area contributed by atoms with Gasteiger partial charge in [-0.05, 0) is 13.1 Å². The van der Waals surface area contributed by atoms with Crippen LogP contribution >= 0.6 is 0 Å². The first kappa shape index (κ1) is 11.9. The maximum atomic E-state index is 13.3. The van der Waals surface area contributed by atoms with E-state index in [4.69, 9.17) is 4.74 Å². The molecule has 1 unspecified atom stereocenters. The molecule has 1 rings (SSSR count). The van der Waals surface area contributed by atoms with Crippen molar-refractivity contribution in [3.05, 3.63) is 29.3 Å². The third-order valence-corrected chi connectivity index (χ3v) is 2.02. The molecule has 0 spiro atoms. The lowest BCUT2D eigenvalue weighted by atomic mass is 10.1. The SMILES string of the molecule is CNCC(O)c1cc(OC)cc(F)c1F. The van der Waals surface area contributed by atoms with Crippen LogP contribution in [0.1, 0.15) is 11.7 Å². The van der Waals surface area contributed by atoms with Gasteiger partial charge in [-0.15, -0.1) is 0 Å². The summed E-state index contributed by atoms with van der Waals surface area (Å²) in [4.78, 5) is 0. The number of ether oxygens (including phenoxy) is 1. The monoisotopic (exact) mass is 217 g/mol. The van der Waals surface area contributed by atoms with Crippen LogP contribution in [0.4, 0.5) is 8.78 Å². The van der Waals surface area contributed by atoms with Crippen LogP contribution in [0, 0.1) is 11.6 Å². The summed E-state index contributed by atoms with van der Waals surface area (Å²) < 4.78 is 31.1. The van der Waals surface area contributed by atoms with E-state index in [-0.39, 0.29) is 17.9 Å². The molecule has 0 aliphatic rings. The van der Waals surface area contributed by atoms with Crippen LogP contribution in [0.5, 0.6) is 5.75 Å². The fourth-order valence-corrected chi connectivity index (χ4v) is 1.25. The van der Waals surface area contributed by atoms with E-state index in [2.05, 4.69) is 5.32 Å². The number of halogens is 2. The first-order valence-corrected chi connectivity index (χ1v) is 4.45. The quantitative estimate of drug-likeness (QED) is 0.797. The second kappa shape index (κ2) is 5.04. The molecule has 0 aliphatic carbocycles. The zero-order chi connectivity index (χ0) is 11.4. The standard InChI is InChI=1S/C10H13F2NO2/c1-13-5-9(14)7-3-6(15-2)4-8(11)10(7)12/h3-4,9,13-14H,5H2,1-2H3. The minimum absolute atomic E-state index is 0.110. The molecular formula is C10H13F2NO2. The topological polar surface area (TPSA) is 41.5 Å². The summed E-state index contributed by atoms with van der Waals surface area (Å²) in [6, 6.07) is 2.21. The van der Waals surface area contributed by atoms with E-state index in [0.717, 1.165) is 6.07 Å². The number of hydrogen-bond donors (Lipinski definition) is 2. The van der Waals surface area contributed by atoms with Crippen LogP contribution in [0.15, 0.2) is 12.1 Å². The van der Waals surface area contributed by atoms with Gasteiger partial charge >= 0.3 is 0 Å². The molecule has 0 saturated heterocycles. The average Bonchev–Trinajstić information content (AvgIpc) is 2.22. The molecule has 0 amide bonds. The van der Waals surface area contributed by atoms with Gasteiger partial charge in [0, 0.05) is 18.2 Å². The number of methoxy groups -OCH3 is 1. The van der Waals surface area contributed by atoms with E-state index in [1.54, 1.807) is 7.05 Å². The van der Waals surface area contributed by atoms with E-state index < -0.39 is 17.7 Å². The predicted octanol–water partition coefficient (Wildman–Crippen LogP) is 1.23. The van der Waals surface area contributed by atoms with Crippen LogP contribution in [0.2, 0.25) is 0 Å². The van der Waals surface area contributed by atoms with Crippen LogP contribution in [0.25, 0.3) is 0 Å². The third kappa shape index (κ3) is 2.64. The minimum Gasteiger partial charge on any atom is -0.497 e. The fourth-order valence-electron chi connectivity index (χ4n) is 1.25. The Balaban J connectivity index is 3.09. The first-order chi connectivity index (χ1) is 7.10. The Labute approximate surface area is 86.7 Å². The summed E-state index contributed by atoms with van der Waals surface area (Å²) >= 11 is 0. The lowest BCUT2D eigenvalue weighted by molar-refractivity contribution is 0.171. The van der Waals surface area contributed by atoms with Gasteiger partial charge in [0.05, 0.1) is 13.2 Å². The van der Waals surface area contributed by atoms with Gasteiger partial charge in [-0.3, -0.25) is 0 Å². The largest absolute Gasteiger partial charge is 0.497 e. The number of rotatable bonds is 4. The Morgan fingerprint density at radius 3 is 2.67 bits per heavy atom. The molecule has 0 saturated carbocycles. The van der Waals surface area contributed by atoms with Crippen molar-refractivity contribution in [1.29, 1.82) is 0 Å². The number of aliphatic hydroxyl groups excluding tert-OH is 1. The molecule has 15 heavy (non-hydrogen) atoms. The van der Waals surface area contributed by atoms with Gasteiger partial charge in [0.15, 0.2) is 11.6 Å². The molecule has 0 heterocycles. The zero-order valence-electron chi connectivity index (χ0n) is 8.55. The van der Waals surface area contributed by atoms with Crippen molar-refractivity contribution in [3.8, 4) is 5.75 Å². The first-order valence-electron chi connectivity index (χ1n) is 4.45. The molecule has 0 bridgehead atoms. The number of benzene rings is 1. The second-order valence-corrected chi connectivity index (χ2v) is 3.09. The van der Waals surface area contributed by atoms with Gasteiger partial charge in [0.1, 0.15) is 5.75 Å². The maximum absolute atomic E-state index is 13.3. The molecule has 1 aromatic carbocycles. The normalized spacial score (nSPS) is 12.6. The molecule has 0 aromatic heterocycles. The Morgan fingerprint density at radius 2 is 2.13 bits per heavy atom. The molecule has 0 aliphatic heterocycles. The summed E-state index contributed by atoms with van der Waals surface area (Å²) in [5, 5.41) is 12.2. The second-order valence-electron chi connectivity index (χ2n) is 3.09. The lowest BCUT2D eigenvalue weighted by Gasteiger charge is -2.13. The average molecular weight is 217 g/mol. The minimum atomic E-state index is -1.10. The third-order valence-electron chi connectivity index (χ3n) is 2.02. The van der Waals surface area contributed by atoms with Crippen LogP contribution in [-0.4, -0.2) is 25.8 Å². The van der Waals surface area contributed by atoms with E-state index in [1.165, 1.54) is 13.2 Å². The molecule has 1 aromatic rings. The molecule has 5 heteroatoms. The van der Waals surface area contributed by atoms with Gasteiger partial charge in [0.2, 0.25) is 0 Å². The molecule has 2 N–H and O–H groups in total. The molecule has 0 radical (unpaired) electrons. The highest BCUT2D eigenvalue weighted by atomic mass is 19.2. The fraction of sp³-hybridized carbons (Fsp3) is 0.400. The van der Waals surface area contributed by atoms with Crippen LogP contribution in [-0.2, 0) is 0 Å². The number of hydrogen-bond acceptors (Lipinski definition) is 3. The van der Waals surface area contributed by atoms with Gasteiger partial charge in [-0.1, -0.05) is 0 Å². The highest BCUT2D eigenvalue weighted by Crippen LogP contribution is 2.24. The number of nitrogens with one attached hydrogen (secondary N) is 1. The van der Waals surface area contributed by atoms with Gasteiger partial charge in [-0.25, -0.2) is 8.78 Å². The van der Waals surface area contributed by atoms with E-state index >= 15 is 0 Å². The van der Waals surface area contributed by atoms with Crippen molar-refractivity contribution in [3.63, 3.8) is 0 Å². The van der Waals surface area contributed by atoms with E-state index in [9.17, 15) is 13.9 Å². The van der Waals surface area contributed by atoms with Crippen molar-refractivity contribution >= 4 is 0 Å². The zero-order valence-corrected chi connectivity index (χ0v) is 8.55. The Kier molecular flexibility index (Phi) is 3.99. The van der Waals surface area contributed by atoms with Crippen molar-refractivity contribution in [1.82, 2.24) is 5.32 Å². The number of likely N-dealkylation sites (N-methyl/N-ethyl adjacent to an activating group) is 1. The van der Waals surface area contributed by atoms with E-state index in [1.807, 2.05) is 0 Å². The molecule has 84 valence electrons. The van der Waals surface area contributed by atoms with Gasteiger partial charge < -0.3 is 15.2 Å². The van der Waals surface area contributed by atoms with Crippen molar-refractivity contribution < 1.29 is 18.6 Å². The van der Waals surface area contributed by atoms with Gasteiger partial charge in [-0.2, -0.15) is 0 Å². The van der Waals surface area contributed by atoms with E-state index in [0.29, 0.717) is 0 Å². The molecule has 0 fully saturated rings. The Hall–Kier alpha value is -1.20. The summed E-state index contributed by atoms with van der Waals surface area (Å²) in [6.45, 7) is 0.142. The van der Waals surface area contributed by atoms with Crippen molar-refractivity contribution in [2.75, 3.05) is 20.7 Å². The lowest BCUT2D eigenvalue weighted by Crippen LogP contribution is -2.18. The summed E-state index contributed by atoms with van der Waals surface area (Å²) in [5.74, 6) is -1.89. The number of aliphatic hydroxyl groups is 1.